The van der Waals surface area contributed by atoms with Gasteiger partial charge >= 0.3 is 6.09 Å². The van der Waals surface area contributed by atoms with Crippen LogP contribution in [-0.4, -0.2) is 32.7 Å². The third-order valence-electron chi connectivity index (χ3n) is 2.79. The molecule has 0 fully saturated rings. The van der Waals surface area contributed by atoms with Crippen molar-refractivity contribution in [2.45, 2.75) is 24.8 Å². The molecule has 1 rings (SSSR count). The zero-order valence-electron chi connectivity index (χ0n) is 11.8. The van der Waals surface area contributed by atoms with Gasteiger partial charge in [-0.15, -0.1) is 0 Å². The van der Waals surface area contributed by atoms with Crippen molar-refractivity contribution >= 4 is 21.8 Å². The molecule has 1 aromatic carbocycles. The number of carbonyl (C=O) groups is 2. The Balaban J connectivity index is 2.97. The first-order valence-corrected chi connectivity index (χ1v) is 7.94. The molecule has 0 aliphatic heterocycles. The summed E-state index contributed by atoms with van der Waals surface area (Å²) in [6.07, 6.45) is -1.75. The van der Waals surface area contributed by atoms with Crippen LogP contribution in [0.2, 0.25) is 0 Å². The van der Waals surface area contributed by atoms with Crippen molar-refractivity contribution in [2.24, 2.45) is 5.73 Å². The molecule has 0 radical (unpaired) electrons. The number of nitrogens with two attached hydrogens (primary N) is 1. The number of hydrogen-bond acceptors (Lipinski definition) is 5. The molecule has 7 nitrogen and oxygen atoms in total. The van der Waals surface area contributed by atoms with Gasteiger partial charge in [0.25, 0.3) is 0 Å². The van der Waals surface area contributed by atoms with Crippen LogP contribution in [-0.2, 0) is 19.4 Å². The summed E-state index contributed by atoms with van der Waals surface area (Å²) < 4.78 is 28.3. The molecule has 0 spiro atoms. The Morgan fingerprint density at radius 3 is 2.29 bits per heavy atom. The summed E-state index contributed by atoms with van der Waals surface area (Å²) >= 11 is 0. The van der Waals surface area contributed by atoms with E-state index in [0.29, 0.717) is 5.56 Å². The Bertz CT molecular complexity index is 610. The molecule has 8 heteroatoms. The number of ether oxygens (including phenoxy) is 1. The Morgan fingerprint density at radius 2 is 1.86 bits per heavy atom. The van der Waals surface area contributed by atoms with Gasteiger partial charge in [-0.05, 0) is 17.7 Å². The lowest BCUT2D eigenvalue weighted by Crippen LogP contribution is -2.30. The van der Waals surface area contributed by atoms with Gasteiger partial charge in [-0.3, -0.25) is 4.79 Å². The number of carbonyl (C=O) groups excluding carboxylic acids is 2. The van der Waals surface area contributed by atoms with Crippen molar-refractivity contribution in [2.75, 3.05) is 12.3 Å². The number of sulfone groups is 1. The van der Waals surface area contributed by atoms with Gasteiger partial charge in [-0.2, -0.15) is 0 Å². The van der Waals surface area contributed by atoms with Crippen LogP contribution < -0.4 is 11.1 Å². The van der Waals surface area contributed by atoms with E-state index in [9.17, 15) is 18.0 Å². The van der Waals surface area contributed by atoms with Crippen LogP contribution in [0.15, 0.2) is 29.2 Å². The smallest absolute Gasteiger partial charge is 0.405 e. The minimum atomic E-state index is -3.29. The zero-order chi connectivity index (χ0) is 16.0. The molecule has 0 aliphatic rings. The predicted molar refractivity (Wildman–Crippen MR) is 76.3 cm³/mol. The molecular weight excluding hydrogens is 296 g/mol. The van der Waals surface area contributed by atoms with Crippen molar-refractivity contribution in [3.63, 3.8) is 0 Å². The molecule has 1 aromatic rings. The van der Waals surface area contributed by atoms with Gasteiger partial charge in [-0.1, -0.05) is 19.1 Å². The van der Waals surface area contributed by atoms with Gasteiger partial charge in [0, 0.05) is 6.92 Å². The minimum Gasteiger partial charge on any atom is -0.440 e. The highest BCUT2D eigenvalue weighted by Gasteiger charge is 2.17. The van der Waals surface area contributed by atoms with Gasteiger partial charge in [0.15, 0.2) is 9.84 Å². The number of benzene rings is 1. The summed E-state index contributed by atoms with van der Waals surface area (Å²) in [5, 5.41) is 2.52. The third-order valence-corrected chi connectivity index (χ3v) is 4.54. The van der Waals surface area contributed by atoms with Gasteiger partial charge in [-0.25, -0.2) is 13.2 Å². The van der Waals surface area contributed by atoms with Crippen molar-refractivity contribution < 1.29 is 22.7 Å². The second-order valence-corrected chi connectivity index (χ2v) is 6.61. The van der Waals surface area contributed by atoms with Crippen LogP contribution in [0.5, 0.6) is 0 Å². The van der Waals surface area contributed by atoms with Crippen LogP contribution in [0, 0.1) is 0 Å². The summed E-state index contributed by atoms with van der Waals surface area (Å²) in [5.41, 5.74) is 5.53. The minimum absolute atomic E-state index is 0.000542. The van der Waals surface area contributed by atoms with E-state index in [4.69, 9.17) is 10.5 Å². The van der Waals surface area contributed by atoms with Crippen LogP contribution in [0.1, 0.15) is 25.5 Å². The number of amides is 2. The summed E-state index contributed by atoms with van der Waals surface area (Å²) in [4.78, 5) is 22.0. The Morgan fingerprint density at radius 1 is 1.29 bits per heavy atom. The van der Waals surface area contributed by atoms with Gasteiger partial charge in [0.05, 0.1) is 17.2 Å². The Hall–Kier alpha value is -2.09. The van der Waals surface area contributed by atoms with E-state index in [1.807, 2.05) is 0 Å². The topological polar surface area (TPSA) is 116 Å². The summed E-state index contributed by atoms with van der Waals surface area (Å²) in [6, 6.07) is 5.91. The van der Waals surface area contributed by atoms with Crippen molar-refractivity contribution in [3.8, 4) is 0 Å². The molecule has 2 amide bonds. The second-order valence-electron chi connectivity index (χ2n) is 4.34. The third kappa shape index (κ3) is 5.07. The molecule has 21 heavy (non-hydrogen) atoms. The first kappa shape index (κ1) is 17.0. The van der Waals surface area contributed by atoms with Crippen LogP contribution in [0.25, 0.3) is 0 Å². The quantitative estimate of drug-likeness (QED) is 0.804. The van der Waals surface area contributed by atoms with E-state index in [0.717, 1.165) is 0 Å². The fourth-order valence-electron chi connectivity index (χ4n) is 1.66. The van der Waals surface area contributed by atoms with E-state index in [1.54, 1.807) is 6.92 Å². The molecule has 0 heterocycles. The molecule has 0 aliphatic carbocycles. The number of hydrogen-bond donors (Lipinski definition) is 2. The molecule has 0 saturated carbocycles. The first-order valence-electron chi connectivity index (χ1n) is 6.29. The largest absolute Gasteiger partial charge is 0.440 e. The van der Waals surface area contributed by atoms with Crippen molar-refractivity contribution in [3.05, 3.63) is 29.8 Å². The summed E-state index contributed by atoms with van der Waals surface area (Å²) in [5.74, 6) is -0.280. The lowest BCUT2D eigenvalue weighted by Gasteiger charge is -2.17. The van der Waals surface area contributed by atoms with Gasteiger partial charge in [0.1, 0.15) is 6.10 Å². The number of rotatable bonds is 6. The molecule has 1 unspecified atom stereocenters. The maximum Gasteiger partial charge on any atom is 0.405 e. The lowest BCUT2D eigenvalue weighted by atomic mass is 10.1. The highest BCUT2D eigenvalue weighted by molar-refractivity contribution is 7.91. The number of nitrogens with one attached hydrogen (secondary N) is 1. The molecular formula is C13H18N2O5S. The molecule has 0 bridgehead atoms. The van der Waals surface area contributed by atoms with Crippen LogP contribution in [0.4, 0.5) is 4.79 Å². The second kappa shape index (κ2) is 7.07. The molecule has 116 valence electrons. The highest BCUT2D eigenvalue weighted by Crippen LogP contribution is 2.20. The van der Waals surface area contributed by atoms with Gasteiger partial charge < -0.3 is 15.8 Å². The van der Waals surface area contributed by atoms with E-state index in [-0.39, 0.29) is 23.1 Å². The van der Waals surface area contributed by atoms with E-state index in [2.05, 4.69) is 5.32 Å². The van der Waals surface area contributed by atoms with E-state index >= 15 is 0 Å². The molecule has 3 N–H and O–H groups in total. The fourth-order valence-corrected chi connectivity index (χ4v) is 2.54. The van der Waals surface area contributed by atoms with Crippen molar-refractivity contribution in [1.29, 1.82) is 0 Å². The maximum atomic E-state index is 11.7. The van der Waals surface area contributed by atoms with Crippen LogP contribution in [0.3, 0.4) is 0 Å². The monoisotopic (exact) mass is 314 g/mol. The molecule has 1 atom stereocenters. The van der Waals surface area contributed by atoms with Gasteiger partial charge in [0.2, 0.25) is 5.91 Å². The average Bonchev–Trinajstić information content (AvgIpc) is 2.43. The number of primary amides is 1. The van der Waals surface area contributed by atoms with Crippen LogP contribution >= 0.6 is 0 Å². The maximum absolute atomic E-state index is 11.7. The van der Waals surface area contributed by atoms with E-state index < -0.39 is 22.0 Å². The lowest BCUT2D eigenvalue weighted by molar-refractivity contribution is -0.119. The summed E-state index contributed by atoms with van der Waals surface area (Å²) in [6.45, 7) is 2.94. The predicted octanol–water partition coefficient (Wildman–Crippen LogP) is 0.753. The SMILES string of the molecule is CCS(=O)(=O)c1ccc(C(CNC(C)=O)OC(N)=O)cc1. The normalized spacial score (nSPS) is 12.5. The van der Waals surface area contributed by atoms with E-state index in [1.165, 1.54) is 31.2 Å². The molecule has 0 saturated heterocycles. The fraction of sp³-hybridized carbons (Fsp3) is 0.385. The highest BCUT2D eigenvalue weighted by atomic mass is 32.2. The average molecular weight is 314 g/mol. The molecule has 0 aromatic heterocycles. The Labute approximate surface area is 123 Å². The first-order chi connectivity index (χ1) is 9.76. The zero-order valence-corrected chi connectivity index (χ0v) is 12.6. The Kier molecular flexibility index (Phi) is 5.71. The standard InChI is InChI=1S/C13H18N2O5S/c1-3-21(18,19)11-6-4-10(5-7-11)12(20-13(14)17)8-15-9(2)16/h4-7,12H,3,8H2,1-2H3,(H2,14,17)(H,15,16). The van der Waals surface area contributed by atoms with Crippen molar-refractivity contribution in [1.82, 2.24) is 5.32 Å². The summed E-state index contributed by atoms with van der Waals surface area (Å²) in [7, 11) is -3.29.